The van der Waals surface area contributed by atoms with Gasteiger partial charge in [-0.15, -0.1) is 0 Å². The van der Waals surface area contributed by atoms with Crippen LogP contribution in [-0.2, 0) is 0 Å². The molecule has 12 aromatic carbocycles. The maximum absolute atomic E-state index is 11.4. The predicted molar refractivity (Wildman–Crippen MR) is 371 cm³/mol. The smallest absolute Gasteiger partial charge is 0.150 e. The summed E-state index contributed by atoms with van der Waals surface area (Å²) in [5.74, 6) is 0. The standard InChI is InChI=1S/C49H36OP2.C24H15Br3.CH4.H2O2.2H2O/c50-36-37-21-23-38(24-22-37)41-33-42(39-25-29-48(30-26-39)51(44-13-5-1-6-14-44)45-15-7-2-8-16-45)35-43(34-41)40-27-31-49(32-28-40)52(46-17-9-3-10-18-46)47-19-11-4-12-20-47;25-22-7-1-16(2-8-22)19-13-20(17-3-9-23(26)10-4-17)15-21(14-19)18-5-11-24(27)12-6-18;;1-2;;/h1-36H;1-15H;1H4;1-2H;2*1H2. The first-order valence-corrected chi connectivity index (χ1v) is 31.2. The predicted octanol–water partition coefficient (Wildman–Crippen LogP) is 18.0. The van der Waals surface area contributed by atoms with E-state index in [1.54, 1.807) is 0 Å². The van der Waals surface area contributed by atoms with Gasteiger partial charge in [-0.2, -0.15) is 0 Å². The van der Waals surface area contributed by atoms with Gasteiger partial charge in [0.15, 0.2) is 0 Å². The monoisotopic (exact) mass is 1330 g/mol. The third kappa shape index (κ3) is 16.0. The van der Waals surface area contributed by atoms with Crippen LogP contribution in [0.15, 0.2) is 317 Å². The minimum atomic E-state index is -0.686. The first kappa shape index (κ1) is 64.0. The molecule has 10 heteroatoms. The second-order valence-electron chi connectivity index (χ2n) is 19.0. The second-order valence-corrected chi connectivity index (χ2v) is 26.2. The molecule has 0 aliphatic rings. The Morgan fingerprint density at radius 3 is 0.631 bits per heavy atom. The second kappa shape index (κ2) is 31.4. The lowest BCUT2D eigenvalue weighted by molar-refractivity contribution is -0.176. The Morgan fingerprint density at radius 2 is 0.429 bits per heavy atom. The Kier molecular flexibility index (Phi) is 23.9. The van der Waals surface area contributed by atoms with Gasteiger partial charge in [0, 0.05) is 19.0 Å². The number of hydrogen-bond donors (Lipinski definition) is 2. The maximum atomic E-state index is 11.4. The van der Waals surface area contributed by atoms with E-state index in [0.717, 1.165) is 42.0 Å². The summed E-state index contributed by atoms with van der Waals surface area (Å²) in [6.07, 6.45) is 0.897. The Hall–Kier alpha value is -7.55. The molecule has 0 amide bonds. The zero-order chi connectivity index (χ0) is 55.9. The molecule has 12 aromatic rings. The van der Waals surface area contributed by atoms with E-state index in [0.29, 0.717) is 5.56 Å². The van der Waals surface area contributed by atoms with Crippen molar-refractivity contribution in [2.24, 2.45) is 0 Å². The molecular formula is C74H61Br3O5P2. The fourth-order valence-corrected chi connectivity index (χ4v) is 15.1. The van der Waals surface area contributed by atoms with Crippen LogP contribution in [0.5, 0.6) is 0 Å². The molecule has 418 valence electrons. The van der Waals surface area contributed by atoms with E-state index in [-0.39, 0.29) is 18.4 Å². The summed E-state index contributed by atoms with van der Waals surface area (Å²) >= 11 is 10.6. The largest absolute Gasteiger partial charge is 0.412 e. The minimum absolute atomic E-state index is 0. The Morgan fingerprint density at radius 1 is 0.250 bits per heavy atom. The van der Waals surface area contributed by atoms with E-state index in [4.69, 9.17) is 10.5 Å². The van der Waals surface area contributed by atoms with Crippen LogP contribution in [0.2, 0.25) is 0 Å². The zero-order valence-corrected chi connectivity index (χ0v) is 51.3. The first-order chi connectivity index (χ1) is 39.8. The quantitative estimate of drug-likeness (QED) is 0.0518. The number of hydrogen-bond acceptors (Lipinski definition) is 3. The summed E-state index contributed by atoms with van der Waals surface area (Å²) in [4.78, 5) is 11.4. The van der Waals surface area contributed by atoms with Gasteiger partial charge in [0.2, 0.25) is 0 Å². The highest BCUT2D eigenvalue weighted by Crippen LogP contribution is 2.39. The van der Waals surface area contributed by atoms with Crippen molar-refractivity contribution in [1.29, 1.82) is 0 Å². The highest BCUT2D eigenvalue weighted by atomic mass is 79.9. The molecule has 6 N–H and O–H groups in total. The van der Waals surface area contributed by atoms with Crippen LogP contribution in [0.1, 0.15) is 17.8 Å². The molecule has 0 heterocycles. The van der Waals surface area contributed by atoms with Crippen LogP contribution >= 0.6 is 63.6 Å². The van der Waals surface area contributed by atoms with Gasteiger partial charge in [-0.05, 0) is 187 Å². The van der Waals surface area contributed by atoms with Crippen molar-refractivity contribution in [2.45, 2.75) is 7.43 Å². The Balaban J connectivity index is 0.000000268. The van der Waals surface area contributed by atoms with Crippen molar-refractivity contribution in [3.8, 4) is 66.8 Å². The van der Waals surface area contributed by atoms with Gasteiger partial charge in [-0.1, -0.05) is 286 Å². The third-order valence-electron chi connectivity index (χ3n) is 13.8. The molecule has 0 fully saturated rings. The number of rotatable bonds is 13. The van der Waals surface area contributed by atoms with E-state index in [9.17, 15) is 4.79 Å². The average molecular weight is 1330 g/mol. The maximum Gasteiger partial charge on any atom is 0.150 e. The molecule has 0 saturated carbocycles. The minimum Gasteiger partial charge on any atom is -0.412 e. The number of halogens is 3. The number of benzene rings is 12. The summed E-state index contributed by atoms with van der Waals surface area (Å²) in [6, 6.07) is 109. The molecule has 0 bridgehead atoms. The van der Waals surface area contributed by atoms with Crippen molar-refractivity contribution in [2.75, 3.05) is 0 Å². The van der Waals surface area contributed by atoms with Crippen LogP contribution in [0.25, 0.3) is 66.8 Å². The topological polar surface area (TPSA) is 121 Å². The summed E-state index contributed by atoms with van der Waals surface area (Å²) in [5, 5.41) is 20.0. The van der Waals surface area contributed by atoms with E-state index < -0.39 is 15.8 Å². The lowest BCUT2D eigenvalue weighted by Crippen LogP contribution is -2.20. The van der Waals surface area contributed by atoms with Crippen LogP contribution in [-0.4, -0.2) is 27.8 Å². The average Bonchev–Trinajstić information content (AvgIpc) is 3.70. The van der Waals surface area contributed by atoms with E-state index in [2.05, 4.69) is 327 Å². The van der Waals surface area contributed by atoms with Crippen molar-refractivity contribution in [1.82, 2.24) is 0 Å². The molecule has 0 aliphatic heterocycles. The van der Waals surface area contributed by atoms with Crippen LogP contribution in [0.4, 0.5) is 0 Å². The molecule has 0 spiro atoms. The van der Waals surface area contributed by atoms with Crippen LogP contribution < -0.4 is 31.8 Å². The van der Waals surface area contributed by atoms with Crippen molar-refractivity contribution in [3.05, 3.63) is 322 Å². The van der Waals surface area contributed by atoms with Crippen molar-refractivity contribution < 1.29 is 26.3 Å². The third-order valence-corrected chi connectivity index (χ3v) is 20.2. The summed E-state index contributed by atoms with van der Waals surface area (Å²) in [6.45, 7) is 0. The van der Waals surface area contributed by atoms with Crippen molar-refractivity contribution >= 4 is 102 Å². The number of carbonyl (C=O) groups excluding carboxylic acids is 1. The lowest BCUT2D eigenvalue weighted by Gasteiger charge is -2.20. The SMILES string of the molecule is Brc1ccc(-c2cc(-c3ccc(Br)cc3)cc(-c3ccc(Br)cc3)c2)cc1.C.O.O.O=Cc1ccc(-c2cc(-c3ccc(P(c4ccccc4)c4ccccc4)cc3)cc(-c3ccc(P(c4ccccc4)c4ccccc4)cc3)c2)cc1.OO. The Bertz CT molecular complexity index is 3580. The van der Waals surface area contributed by atoms with E-state index >= 15 is 0 Å². The molecule has 0 radical (unpaired) electrons. The van der Waals surface area contributed by atoms with Gasteiger partial charge < -0.3 is 11.0 Å². The Labute approximate surface area is 520 Å². The molecule has 0 aliphatic carbocycles. The van der Waals surface area contributed by atoms with E-state index in [1.165, 1.54) is 76.3 Å². The van der Waals surface area contributed by atoms with Gasteiger partial charge in [0.05, 0.1) is 0 Å². The van der Waals surface area contributed by atoms with Crippen LogP contribution in [0, 0.1) is 0 Å². The van der Waals surface area contributed by atoms with Crippen LogP contribution in [0.3, 0.4) is 0 Å². The molecule has 84 heavy (non-hydrogen) atoms. The van der Waals surface area contributed by atoms with Crippen molar-refractivity contribution in [3.63, 3.8) is 0 Å². The molecule has 5 nitrogen and oxygen atoms in total. The van der Waals surface area contributed by atoms with Gasteiger partial charge in [0.25, 0.3) is 0 Å². The molecular weight excluding hydrogens is 1270 g/mol. The highest BCUT2D eigenvalue weighted by Gasteiger charge is 2.19. The van der Waals surface area contributed by atoms with Gasteiger partial charge in [-0.25, -0.2) is 0 Å². The fourth-order valence-electron chi connectivity index (χ4n) is 9.74. The molecule has 0 aromatic heterocycles. The first-order valence-electron chi connectivity index (χ1n) is 26.2. The molecule has 0 saturated heterocycles. The normalized spacial score (nSPS) is 10.4. The van der Waals surface area contributed by atoms with Gasteiger partial charge >= 0.3 is 0 Å². The molecule has 12 rings (SSSR count). The zero-order valence-electron chi connectivity index (χ0n) is 44.8. The number of carbonyl (C=O) groups is 1. The molecule has 0 atom stereocenters. The fraction of sp³-hybridized carbons (Fsp3) is 0.0135. The van der Waals surface area contributed by atoms with E-state index in [1.807, 2.05) is 24.3 Å². The lowest BCUT2D eigenvalue weighted by atomic mass is 9.93. The summed E-state index contributed by atoms with van der Waals surface area (Å²) < 4.78 is 3.26. The van der Waals surface area contributed by atoms with Gasteiger partial charge in [-0.3, -0.25) is 15.3 Å². The molecule has 0 unspecified atom stereocenters. The van der Waals surface area contributed by atoms with Gasteiger partial charge in [0.1, 0.15) is 6.29 Å². The summed E-state index contributed by atoms with van der Waals surface area (Å²) in [7, 11) is -1.37. The summed E-state index contributed by atoms with van der Waals surface area (Å²) in [5.41, 5.74) is 14.8. The number of aldehydes is 1. The highest BCUT2D eigenvalue weighted by molar-refractivity contribution is 9.11.